The summed E-state index contributed by atoms with van der Waals surface area (Å²) in [6.45, 7) is 2.41. The number of rotatable bonds is 8. The molecule has 0 atom stereocenters. The minimum absolute atomic E-state index is 0.257. The second-order valence-electron chi connectivity index (χ2n) is 7.92. The number of aldehydes is 1. The van der Waals surface area contributed by atoms with E-state index in [0.717, 1.165) is 73.1 Å². The first-order valence-electron chi connectivity index (χ1n) is 10.5. The van der Waals surface area contributed by atoms with Crippen LogP contribution in [0.3, 0.4) is 0 Å². The number of halogens is 1. The largest absolute Gasteiger partial charge is 0.404 e. The lowest BCUT2D eigenvalue weighted by Crippen LogP contribution is -2.42. The highest BCUT2D eigenvalue weighted by atomic mass is 35.5. The van der Waals surface area contributed by atoms with Gasteiger partial charge < -0.3 is 20.7 Å². The summed E-state index contributed by atoms with van der Waals surface area (Å²) in [5.74, 6) is 0. The molecule has 1 aliphatic heterocycles. The molecule has 6 nitrogen and oxygen atoms in total. The van der Waals surface area contributed by atoms with Crippen molar-refractivity contribution >= 4 is 35.4 Å². The molecule has 1 aromatic heterocycles. The summed E-state index contributed by atoms with van der Waals surface area (Å²) in [5, 5.41) is 3.78. The van der Waals surface area contributed by atoms with Crippen LogP contribution in [0.5, 0.6) is 0 Å². The van der Waals surface area contributed by atoms with Gasteiger partial charge >= 0.3 is 0 Å². The second-order valence-corrected chi connectivity index (χ2v) is 8.33. The van der Waals surface area contributed by atoms with Gasteiger partial charge in [-0.05, 0) is 44.0 Å². The van der Waals surface area contributed by atoms with Gasteiger partial charge in [0.25, 0.3) is 0 Å². The van der Waals surface area contributed by atoms with Gasteiger partial charge in [-0.3, -0.25) is 9.98 Å². The Balaban J connectivity index is 1.87. The van der Waals surface area contributed by atoms with E-state index < -0.39 is 0 Å². The fourth-order valence-corrected chi connectivity index (χ4v) is 4.41. The molecule has 0 saturated carbocycles. The van der Waals surface area contributed by atoms with Crippen molar-refractivity contribution in [1.82, 2.24) is 10.3 Å². The average Bonchev–Trinajstić information content (AvgIpc) is 2.82. The third-order valence-corrected chi connectivity index (χ3v) is 6.32. The van der Waals surface area contributed by atoms with Crippen molar-refractivity contribution in [2.24, 2.45) is 16.1 Å². The molecule has 3 N–H and O–H groups in total. The van der Waals surface area contributed by atoms with Crippen molar-refractivity contribution < 1.29 is 4.79 Å². The minimum atomic E-state index is -0.257. The third kappa shape index (κ3) is 5.14. The molecule has 1 aromatic carbocycles. The maximum Gasteiger partial charge on any atom is 0.126 e. The Morgan fingerprint density at radius 3 is 2.58 bits per heavy atom. The van der Waals surface area contributed by atoms with E-state index in [2.05, 4.69) is 20.2 Å². The molecule has 0 spiro atoms. The van der Waals surface area contributed by atoms with Crippen molar-refractivity contribution in [1.29, 1.82) is 0 Å². The van der Waals surface area contributed by atoms with E-state index in [1.807, 2.05) is 37.5 Å². The van der Waals surface area contributed by atoms with Crippen LogP contribution in [0, 0.1) is 5.41 Å². The number of hydrogen-bond donors (Lipinski definition) is 2. The number of benzene rings is 1. The van der Waals surface area contributed by atoms with E-state index in [-0.39, 0.29) is 5.41 Å². The first-order chi connectivity index (χ1) is 15.1. The highest BCUT2D eigenvalue weighted by Crippen LogP contribution is 2.41. The zero-order valence-corrected chi connectivity index (χ0v) is 18.9. The number of aromatic nitrogens is 1. The van der Waals surface area contributed by atoms with Crippen LogP contribution in [-0.4, -0.2) is 51.2 Å². The Hall–Kier alpha value is -2.70. The lowest BCUT2D eigenvalue weighted by atomic mass is 9.77. The molecule has 0 radical (unpaired) electrons. The van der Waals surface area contributed by atoms with Crippen LogP contribution in [0.1, 0.15) is 24.8 Å². The van der Waals surface area contributed by atoms with Gasteiger partial charge in [0.05, 0.1) is 10.7 Å². The summed E-state index contributed by atoms with van der Waals surface area (Å²) in [4.78, 5) is 22.5. The van der Waals surface area contributed by atoms with Gasteiger partial charge in [-0.25, -0.2) is 0 Å². The number of piperidine rings is 1. The van der Waals surface area contributed by atoms with Crippen LogP contribution in [0.25, 0.3) is 16.7 Å². The van der Waals surface area contributed by atoms with E-state index >= 15 is 0 Å². The van der Waals surface area contributed by atoms with Crippen LogP contribution < -0.4 is 16.0 Å². The van der Waals surface area contributed by atoms with Gasteiger partial charge in [-0.15, -0.1) is 0 Å². The molecule has 0 amide bonds. The average molecular weight is 440 g/mol. The van der Waals surface area contributed by atoms with Gasteiger partial charge in [0.1, 0.15) is 6.29 Å². The maximum atomic E-state index is 11.8. The van der Waals surface area contributed by atoms with Crippen LogP contribution >= 0.6 is 11.6 Å². The number of carbonyl (C=O) groups excluding carboxylic acids is 1. The standard InChI is InChI=1S/C24H30ClN5O/c1-27-10-7-24(17-31)8-11-30(12-9-24)23-21(15-29-16-22(23)25)19-5-3-18(4-6-19)20(13-26)14-28-2/h3-6,13-17,27H,7-12,26H2,1-2H3. The van der Waals surface area contributed by atoms with E-state index in [9.17, 15) is 4.79 Å². The SMILES string of the molecule is CN=CC(=CN)c1ccc(-c2cncc(Cl)c2N2CCC(C=O)(CCNC)CC2)cc1. The number of nitrogens with zero attached hydrogens (tertiary/aromatic N) is 3. The molecule has 2 aromatic rings. The van der Waals surface area contributed by atoms with Crippen LogP contribution in [0.2, 0.25) is 5.02 Å². The number of carbonyl (C=O) groups is 1. The number of pyridine rings is 1. The van der Waals surface area contributed by atoms with Crippen molar-refractivity contribution in [3.63, 3.8) is 0 Å². The molecule has 1 fully saturated rings. The first kappa shape index (κ1) is 23.0. The summed E-state index contributed by atoms with van der Waals surface area (Å²) < 4.78 is 0. The molecule has 0 aliphatic carbocycles. The van der Waals surface area contributed by atoms with E-state index in [4.69, 9.17) is 17.3 Å². The molecule has 0 bridgehead atoms. The summed E-state index contributed by atoms with van der Waals surface area (Å²) in [6, 6.07) is 8.13. The van der Waals surface area contributed by atoms with Gasteiger partial charge in [-0.1, -0.05) is 35.9 Å². The van der Waals surface area contributed by atoms with E-state index in [0.29, 0.717) is 5.02 Å². The van der Waals surface area contributed by atoms with Gasteiger partial charge in [-0.2, -0.15) is 0 Å². The Labute approximate surface area is 189 Å². The zero-order valence-electron chi connectivity index (χ0n) is 18.1. The molecule has 164 valence electrons. The number of hydrogen-bond acceptors (Lipinski definition) is 6. The number of nitrogens with two attached hydrogens (primary N) is 1. The molecule has 1 saturated heterocycles. The summed E-state index contributed by atoms with van der Waals surface area (Å²) in [6.07, 6.45) is 10.5. The fourth-order valence-electron chi connectivity index (χ4n) is 4.13. The molecule has 3 rings (SSSR count). The van der Waals surface area contributed by atoms with Crippen molar-refractivity contribution in [3.05, 3.63) is 53.4 Å². The molecule has 0 unspecified atom stereocenters. The predicted octanol–water partition coefficient (Wildman–Crippen LogP) is 3.80. The van der Waals surface area contributed by atoms with Crippen LogP contribution in [-0.2, 0) is 4.79 Å². The Bertz CT molecular complexity index is 947. The zero-order chi connectivity index (χ0) is 22.3. The van der Waals surface area contributed by atoms with Gasteiger partial charge in [0, 0.05) is 61.5 Å². The molecule has 2 heterocycles. The number of nitrogens with one attached hydrogen (secondary N) is 1. The Kier molecular flexibility index (Phi) is 7.82. The van der Waals surface area contributed by atoms with Crippen LogP contribution in [0.4, 0.5) is 5.69 Å². The monoisotopic (exact) mass is 439 g/mol. The smallest absolute Gasteiger partial charge is 0.126 e. The highest BCUT2D eigenvalue weighted by Gasteiger charge is 2.35. The summed E-state index contributed by atoms with van der Waals surface area (Å²) >= 11 is 6.62. The van der Waals surface area contributed by atoms with Gasteiger partial charge in [0.15, 0.2) is 0 Å². The molecule has 7 heteroatoms. The normalized spacial score (nSPS) is 16.6. The second kappa shape index (κ2) is 10.6. The van der Waals surface area contributed by atoms with Crippen molar-refractivity contribution in [3.8, 4) is 11.1 Å². The predicted molar refractivity (Wildman–Crippen MR) is 130 cm³/mol. The summed E-state index contributed by atoms with van der Waals surface area (Å²) in [7, 11) is 3.64. The van der Waals surface area contributed by atoms with E-state index in [1.54, 1.807) is 25.7 Å². The van der Waals surface area contributed by atoms with Crippen molar-refractivity contribution in [2.75, 3.05) is 38.6 Å². The lowest BCUT2D eigenvalue weighted by molar-refractivity contribution is -0.117. The maximum absolute atomic E-state index is 11.8. The highest BCUT2D eigenvalue weighted by molar-refractivity contribution is 6.33. The molecule has 31 heavy (non-hydrogen) atoms. The third-order valence-electron chi connectivity index (χ3n) is 6.05. The minimum Gasteiger partial charge on any atom is -0.404 e. The number of anilines is 1. The number of aliphatic imine (C=N–C) groups is 1. The van der Waals surface area contributed by atoms with Crippen LogP contribution in [0.15, 0.2) is 47.9 Å². The van der Waals surface area contributed by atoms with Crippen molar-refractivity contribution in [2.45, 2.75) is 19.3 Å². The quantitative estimate of drug-likeness (QED) is 0.482. The fraction of sp³-hybridized carbons (Fsp3) is 0.375. The Morgan fingerprint density at radius 1 is 1.29 bits per heavy atom. The van der Waals surface area contributed by atoms with Gasteiger partial charge in [0.2, 0.25) is 0 Å². The lowest BCUT2D eigenvalue weighted by Gasteiger charge is -2.40. The molecule has 1 aliphatic rings. The number of allylic oxidation sites excluding steroid dienone is 1. The molecular weight excluding hydrogens is 410 g/mol. The topological polar surface area (TPSA) is 83.6 Å². The Morgan fingerprint density at radius 2 is 2.00 bits per heavy atom. The first-order valence-corrected chi connectivity index (χ1v) is 10.9. The van der Waals surface area contributed by atoms with E-state index in [1.165, 1.54) is 0 Å². The summed E-state index contributed by atoms with van der Waals surface area (Å²) in [5.41, 5.74) is 10.3. The molecular formula is C24H30ClN5O.